The van der Waals surface area contributed by atoms with Crippen molar-refractivity contribution in [3.8, 4) is 0 Å². The van der Waals surface area contributed by atoms with Crippen LogP contribution in [0, 0.1) is 5.92 Å². The normalized spacial score (nSPS) is 16.1. The van der Waals surface area contributed by atoms with Crippen LogP contribution in [-0.4, -0.2) is 33.2 Å². The van der Waals surface area contributed by atoms with Crippen molar-refractivity contribution in [2.24, 2.45) is 5.92 Å². The van der Waals surface area contributed by atoms with E-state index in [-0.39, 0.29) is 0 Å². The van der Waals surface area contributed by atoms with Crippen LogP contribution in [0.1, 0.15) is 37.8 Å². The van der Waals surface area contributed by atoms with E-state index in [0.29, 0.717) is 12.4 Å². The van der Waals surface area contributed by atoms with Crippen molar-refractivity contribution in [1.29, 1.82) is 0 Å². The molecule has 2 aromatic rings. The first-order chi connectivity index (χ1) is 9.86. The third kappa shape index (κ3) is 2.90. The second-order valence-electron chi connectivity index (χ2n) is 5.40. The Morgan fingerprint density at radius 3 is 3.05 bits per heavy atom. The zero-order valence-electron chi connectivity index (χ0n) is 11.9. The summed E-state index contributed by atoms with van der Waals surface area (Å²) in [4.78, 5) is 8.55. The SMILES string of the molecule is COCc1cc(NCCC2CCCC2)n2ncnc2n1. The fourth-order valence-corrected chi connectivity index (χ4v) is 2.91. The highest BCUT2D eigenvalue weighted by atomic mass is 16.5. The van der Waals surface area contributed by atoms with Gasteiger partial charge in [0, 0.05) is 19.7 Å². The van der Waals surface area contributed by atoms with Gasteiger partial charge in [-0.1, -0.05) is 25.7 Å². The lowest BCUT2D eigenvalue weighted by molar-refractivity contribution is 0.181. The van der Waals surface area contributed by atoms with Crippen molar-refractivity contribution >= 4 is 11.6 Å². The summed E-state index contributed by atoms with van der Waals surface area (Å²) in [6.45, 7) is 1.46. The molecule has 0 aliphatic heterocycles. The molecule has 3 rings (SSSR count). The average molecular weight is 275 g/mol. The van der Waals surface area contributed by atoms with Crippen LogP contribution in [0.4, 0.5) is 5.82 Å². The minimum absolute atomic E-state index is 0.487. The molecule has 0 spiro atoms. The monoisotopic (exact) mass is 275 g/mol. The maximum absolute atomic E-state index is 5.15. The first kappa shape index (κ1) is 13.3. The van der Waals surface area contributed by atoms with E-state index in [0.717, 1.165) is 24.0 Å². The lowest BCUT2D eigenvalue weighted by Crippen LogP contribution is -2.11. The summed E-state index contributed by atoms with van der Waals surface area (Å²) in [5.74, 6) is 2.44. The van der Waals surface area contributed by atoms with Crippen molar-refractivity contribution in [2.45, 2.75) is 38.7 Å². The third-order valence-corrected chi connectivity index (χ3v) is 3.93. The number of anilines is 1. The first-order valence-electron chi connectivity index (χ1n) is 7.29. The molecule has 0 radical (unpaired) electrons. The van der Waals surface area contributed by atoms with Gasteiger partial charge in [-0.3, -0.25) is 0 Å². The minimum Gasteiger partial charge on any atom is -0.378 e. The topological polar surface area (TPSA) is 64.3 Å². The fraction of sp³-hybridized carbons (Fsp3) is 0.643. The fourth-order valence-electron chi connectivity index (χ4n) is 2.91. The molecule has 20 heavy (non-hydrogen) atoms. The number of ether oxygens (including phenoxy) is 1. The summed E-state index contributed by atoms with van der Waals surface area (Å²) in [6, 6.07) is 1.99. The number of hydrogen-bond acceptors (Lipinski definition) is 5. The molecule has 0 amide bonds. The predicted octanol–water partition coefficient (Wildman–Crippen LogP) is 2.26. The van der Waals surface area contributed by atoms with Gasteiger partial charge in [-0.15, -0.1) is 0 Å². The molecule has 0 bridgehead atoms. The lowest BCUT2D eigenvalue weighted by atomic mass is 10.0. The van der Waals surface area contributed by atoms with Crippen LogP contribution in [0.2, 0.25) is 0 Å². The Balaban J connectivity index is 1.69. The predicted molar refractivity (Wildman–Crippen MR) is 76.6 cm³/mol. The molecule has 6 nitrogen and oxygen atoms in total. The van der Waals surface area contributed by atoms with Crippen molar-refractivity contribution in [3.63, 3.8) is 0 Å². The highest BCUT2D eigenvalue weighted by Crippen LogP contribution is 2.27. The van der Waals surface area contributed by atoms with Crippen LogP contribution >= 0.6 is 0 Å². The Hall–Kier alpha value is -1.69. The number of nitrogens with one attached hydrogen (secondary N) is 1. The molecule has 0 unspecified atom stereocenters. The van der Waals surface area contributed by atoms with Crippen LogP contribution in [0.5, 0.6) is 0 Å². The third-order valence-electron chi connectivity index (χ3n) is 3.93. The van der Waals surface area contributed by atoms with E-state index in [4.69, 9.17) is 4.74 Å². The Bertz CT molecular complexity index is 562. The summed E-state index contributed by atoms with van der Waals surface area (Å²) in [5.41, 5.74) is 0.872. The quantitative estimate of drug-likeness (QED) is 0.876. The second kappa shape index (κ2) is 6.17. The van der Waals surface area contributed by atoms with E-state index in [1.807, 2.05) is 6.07 Å². The summed E-state index contributed by atoms with van der Waals surface area (Å²) < 4.78 is 6.89. The Kier molecular flexibility index (Phi) is 4.11. The average Bonchev–Trinajstić information content (AvgIpc) is 3.09. The van der Waals surface area contributed by atoms with E-state index >= 15 is 0 Å². The zero-order valence-corrected chi connectivity index (χ0v) is 11.9. The summed E-state index contributed by atoms with van der Waals surface area (Å²) >= 11 is 0. The van der Waals surface area contributed by atoms with Gasteiger partial charge in [-0.2, -0.15) is 14.6 Å². The number of aromatic nitrogens is 4. The molecular formula is C14H21N5O. The van der Waals surface area contributed by atoms with Gasteiger partial charge in [0.05, 0.1) is 12.3 Å². The highest BCUT2D eigenvalue weighted by molar-refractivity contribution is 5.44. The molecule has 1 aliphatic rings. The molecule has 6 heteroatoms. The van der Waals surface area contributed by atoms with E-state index in [9.17, 15) is 0 Å². The minimum atomic E-state index is 0.487. The van der Waals surface area contributed by atoms with Crippen LogP contribution in [0.3, 0.4) is 0 Å². The van der Waals surface area contributed by atoms with Crippen LogP contribution in [0.25, 0.3) is 5.78 Å². The lowest BCUT2D eigenvalue weighted by Gasteiger charge is -2.12. The second-order valence-corrected chi connectivity index (χ2v) is 5.40. The van der Waals surface area contributed by atoms with Gasteiger partial charge in [-0.25, -0.2) is 4.98 Å². The van der Waals surface area contributed by atoms with E-state index < -0.39 is 0 Å². The maximum Gasteiger partial charge on any atom is 0.254 e. The number of fused-ring (bicyclic) bond motifs is 1. The van der Waals surface area contributed by atoms with Gasteiger partial charge >= 0.3 is 0 Å². The van der Waals surface area contributed by atoms with Crippen LogP contribution < -0.4 is 5.32 Å². The number of nitrogens with zero attached hydrogens (tertiary/aromatic N) is 4. The molecular weight excluding hydrogens is 254 g/mol. The van der Waals surface area contributed by atoms with Gasteiger partial charge in [-0.05, 0) is 12.3 Å². The summed E-state index contributed by atoms with van der Waals surface area (Å²) in [7, 11) is 1.67. The molecule has 0 atom stereocenters. The summed E-state index contributed by atoms with van der Waals surface area (Å²) in [5, 5.41) is 7.67. The van der Waals surface area contributed by atoms with Gasteiger partial charge in [0.1, 0.15) is 12.1 Å². The molecule has 108 valence electrons. The molecule has 1 saturated carbocycles. The van der Waals surface area contributed by atoms with Crippen LogP contribution in [0.15, 0.2) is 12.4 Å². The maximum atomic E-state index is 5.15. The molecule has 1 aliphatic carbocycles. The smallest absolute Gasteiger partial charge is 0.254 e. The van der Waals surface area contributed by atoms with Gasteiger partial charge in [0.15, 0.2) is 0 Å². The summed E-state index contributed by atoms with van der Waals surface area (Å²) in [6.07, 6.45) is 8.30. The standard InChI is InChI=1S/C14H21N5O/c1-20-9-12-8-13(19-14(18-12)16-10-17-19)15-7-6-11-4-2-3-5-11/h8,10-11,15H,2-7,9H2,1H3. The van der Waals surface area contributed by atoms with E-state index in [1.165, 1.54) is 38.4 Å². The number of hydrogen-bond donors (Lipinski definition) is 1. The number of rotatable bonds is 6. The van der Waals surface area contributed by atoms with Crippen molar-refractivity contribution in [1.82, 2.24) is 19.6 Å². The highest BCUT2D eigenvalue weighted by Gasteiger charge is 2.14. The molecule has 1 fully saturated rings. The number of methoxy groups -OCH3 is 1. The van der Waals surface area contributed by atoms with E-state index in [2.05, 4.69) is 20.4 Å². The molecule has 0 saturated heterocycles. The zero-order chi connectivity index (χ0) is 13.8. The van der Waals surface area contributed by atoms with Gasteiger partial charge in [0.25, 0.3) is 5.78 Å². The first-order valence-corrected chi connectivity index (χ1v) is 7.29. The molecule has 1 N–H and O–H groups in total. The molecule has 2 heterocycles. The molecule has 2 aromatic heterocycles. The largest absolute Gasteiger partial charge is 0.378 e. The van der Waals surface area contributed by atoms with Crippen LogP contribution in [-0.2, 0) is 11.3 Å². The van der Waals surface area contributed by atoms with Crippen molar-refractivity contribution in [2.75, 3.05) is 19.0 Å². The molecule has 0 aromatic carbocycles. The Morgan fingerprint density at radius 1 is 1.40 bits per heavy atom. The van der Waals surface area contributed by atoms with Gasteiger partial charge in [0.2, 0.25) is 0 Å². The van der Waals surface area contributed by atoms with Gasteiger partial charge < -0.3 is 10.1 Å². The van der Waals surface area contributed by atoms with Crippen molar-refractivity contribution in [3.05, 3.63) is 18.1 Å². The Morgan fingerprint density at radius 2 is 2.25 bits per heavy atom. The Labute approximate surface area is 118 Å². The van der Waals surface area contributed by atoms with Crippen molar-refractivity contribution < 1.29 is 4.74 Å². The van der Waals surface area contributed by atoms with E-state index in [1.54, 1.807) is 11.6 Å².